The average molecular weight is 447 g/mol. The summed E-state index contributed by atoms with van der Waals surface area (Å²) in [6, 6.07) is 31.3. The van der Waals surface area contributed by atoms with Crippen molar-refractivity contribution in [2.75, 3.05) is 17.7 Å². The molecule has 6 heteroatoms. The van der Waals surface area contributed by atoms with Crippen molar-refractivity contribution in [3.8, 4) is 17.1 Å². The highest BCUT2D eigenvalue weighted by Gasteiger charge is 2.28. The van der Waals surface area contributed by atoms with Crippen molar-refractivity contribution in [1.82, 2.24) is 9.55 Å². The van der Waals surface area contributed by atoms with E-state index in [2.05, 4.69) is 39.5 Å². The maximum Gasteiger partial charge on any atom is 0.255 e. The van der Waals surface area contributed by atoms with E-state index < -0.39 is 0 Å². The molecule has 0 fully saturated rings. The molecule has 1 atom stereocenters. The van der Waals surface area contributed by atoms with Crippen LogP contribution in [0.4, 0.5) is 11.4 Å². The van der Waals surface area contributed by atoms with Crippen LogP contribution in [-0.4, -0.2) is 22.6 Å². The summed E-state index contributed by atoms with van der Waals surface area (Å²) in [6.07, 6.45) is -0.171. The lowest BCUT2D eigenvalue weighted by Gasteiger charge is -2.30. The Kier molecular flexibility index (Phi) is 4.77. The number of aromatic nitrogens is 2. The molecule has 2 N–H and O–H groups in total. The summed E-state index contributed by atoms with van der Waals surface area (Å²) in [5.41, 5.74) is 6.42. The Morgan fingerprint density at radius 1 is 0.941 bits per heavy atom. The first kappa shape index (κ1) is 20.1. The number of carbonyl (C=O) groups excluding carboxylic acids is 1. The quantitative estimate of drug-likeness (QED) is 0.359. The van der Waals surface area contributed by atoms with E-state index in [-0.39, 0.29) is 12.1 Å². The Balaban J connectivity index is 1.38. The number of hydrogen-bond acceptors (Lipinski definition) is 4. The Morgan fingerprint density at radius 2 is 1.74 bits per heavy atom. The number of hydrogen-bond donors (Lipinski definition) is 2. The number of nitrogens with one attached hydrogen (secondary N) is 2. The molecule has 0 bridgehead atoms. The van der Waals surface area contributed by atoms with Gasteiger partial charge < -0.3 is 15.4 Å². The number of carbonyl (C=O) groups is 1. The zero-order valence-electron chi connectivity index (χ0n) is 18.5. The molecule has 6 rings (SSSR count). The SMILES string of the molecule is COc1ccc(C(=O)Nc2cccc(C3Nc4ccccc4-c4nc5ccccc5n43)c2)cc1. The monoisotopic (exact) mass is 446 g/mol. The molecule has 1 amide bonds. The predicted molar refractivity (Wildman–Crippen MR) is 134 cm³/mol. The highest BCUT2D eigenvalue weighted by atomic mass is 16.5. The summed E-state index contributed by atoms with van der Waals surface area (Å²) in [5.74, 6) is 1.47. The molecule has 34 heavy (non-hydrogen) atoms. The minimum atomic E-state index is -0.171. The predicted octanol–water partition coefficient (Wildman–Crippen LogP) is 5.94. The maximum absolute atomic E-state index is 12.8. The zero-order chi connectivity index (χ0) is 23.1. The molecule has 4 aromatic carbocycles. The number of anilines is 2. The van der Waals surface area contributed by atoms with Crippen molar-refractivity contribution in [2.24, 2.45) is 0 Å². The first-order valence-corrected chi connectivity index (χ1v) is 11.1. The molecule has 0 radical (unpaired) electrons. The first-order valence-electron chi connectivity index (χ1n) is 11.1. The maximum atomic E-state index is 12.8. The molecule has 0 spiro atoms. The van der Waals surface area contributed by atoms with Crippen LogP contribution >= 0.6 is 0 Å². The fraction of sp³-hybridized carbons (Fsp3) is 0.0714. The van der Waals surface area contributed by atoms with Crippen LogP contribution in [0.5, 0.6) is 5.75 Å². The lowest BCUT2D eigenvalue weighted by Crippen LogP contribution is -2.25. The third-order valence-corrected chi connectivity index (χ3v) is 6.13. The lowest BCUT2D eigenvalue weighted by atomic mass is 10.0. The molecular weight excluding hydrogens is 424 g/mol. The van der Waals surface area contributed by atoms with Gasteiger partial charge in [0.25, 0.3) is 5.91 Å². The Morgan fingerprint density at radius 3 is 2.59 bits per heavy atom. The second-order valence-electron chi connectivity index (χ2n) is 8.19. The molecule has 0 saturated carbocycles. The number of amides is 1. The van der Waals surface area contributed by atoms with E-state index in [1.807, 2.05) is 48.5 Å². The second kappa shape index (κ2) is 8.08. The topological polar surface area (TPSA) is 68.2 Å². The second-order valence-corrected chi connectivity index (χ2v) is 8.19. The molecule has 5 aromatic rings. The molecule has 1 aromatic heterocycles. The molecule has 1 aliphatic heterocycles. The number of methoxy groups -OCH3 is 1. The number of benzene rings is 4. The average Bonchev–Trinajstić information content (AvgIpc) is 3.28. The molecule has 1 unspecified atom stereocenters. The summed E-state index contributed by atoms with van der Waals surface area (Å²) in [6.45, 7) is 0. The van der Waals surface area contributed by atoms with Gasteiger partial charge in [0.15, 0.2) is 0 Å². The standard InChI is InChI=1S/C28H22N4O2/c1-34-21-15-13-18(14-16-21)28(33)29-20-8-6-7-19(17-20)26-30-23-10-3-2-9-22(23)27-31-24-11-4-5-12-25(24)32(26)27/h2-17,26,30H,1H3,(H,29,33). The van der Waals surface area contributed by atoms with Gasteiger partial charge in [0.2, 0.25) is 0 Å². The Bertz CT molecular complexity index is 1520. The lowest BCUT2D eigenvalue weighted by molar-refractivity contribution is 0.102. The summed E-state index contributed by atoms with van der Waals surface area (Å²) in [7, 11) is 1.60. The normalized spacial score (nSPS) is 14.1. The largest absolute Gasteiger partial charge is 0.497 e. The smallest absolute Gasteiger partial charge is 0.255 e. The van der Waals surface area contributed by atoms with E-state index in [0.29, 0.717) is 11.3 Å². The molecular formula is C28H22N4O2. The number of para-hydroxylation sites is 3. The molecule has 6 nitrogen and oxygen atoms in total. The van der Waals surface area contributed by atoms with Gasteiger partial charge in [0, 0.05) is 22.5 Å². The summed E-state index contributed by atoms with van der Waals surface area (Å²) in [4.78, 5) is 17.8. The third kappa shape index (κ3) is 3.36. The van der Waals surface area contributed by atoms with Crippen LogP contribution in [0.2, 0.25) is 0 Å². The van der Waals surface area contributed by atoms with Crippen LogP contribution in [0.3, 0.4) is 0 Å². The molecule has 2 heterocycles. The fourth-order valence-electron chi connectivity index (χ4n) is 4.48. The van der Waals surface area contributed by atoms with Crippen molar-refractivity contribution in [3.63, 3.8) is 0 Å². The van der Waals surface area contributed by atoms with Gasteiger partial charge in [0.1, 0.15) is 17.7 Å². The summed E-state index contributed by atoms with van der Waals surface area (Å²) >= 11 is 0. The van der Waals surface area contributed by atoms with Crippen LogP contribution in [0.15, 0.2) is 97.1 Å². The van der Waals surface area contributed by atoms with Crippen molar-refractivity contribution < 1.29 is 9.53 Å². The van der Waals surface area contributed by atoms with E-state index in [4.69, 9.17) is 9.72 Å². The van der Waals surface area contributed by atoms with Crippen molar-refractivity contribution >= 4 is 28.3 Å². The van der Waals surface area contributed by atoms with Gasteiger partial charge in [-0.2, -0.15) is 0 Å². The molecule has 0 aliphatic carbocycles. The minimum absolute atomic E-state index is 0.171. The van der Waals surface area contributed by atoms with Gasteiger partial charge in [-0.05, 0) is 66.2 Å². The minimum Gasteiger partial charge on any atom is -0.497 e. The van der Waals surface area contributed by atoms with Gasteiger partial charge in [0.05, 0.1) is 18.1 Å². The van der Waals surface area contributed by atoms with Crippen LogP contribution in [-0.2, 0) is 0 Å². The van der Waals surface area contributed by atoms with E-state index >= 15 is 0 Å². The van der Waals surface area contributed by atoms with E-state index in [1.165, 1.54) is 0 Å². The molecule has 166 valence electrons. The first-order chi connectivity index (χ1) is 16.7. The van der Waals surface area contributed by atoms with Gasteiger partial charge in [-0.3, -0.25) is 9.36 Å². The van der Waals surface area contributed by atoms with E-state index in [9.17, 15) is 4.79 Å². The fourth-order valence-corrected chi connectivity index (χ4v) is 4.48. The van der Waals surface area contributed by atoms with Crippen LogP contribution in [0.25, 0.3) is 22.4 Å². The number of fused-ring (bicyclic) bond motifs is 5. The van der Waals surface area contributed by atoms with Crippen LogP contribution in [0.1, 0.15) is 22.1 Å². The Labute approximate surface area is 196 Å². The van der Waals surface area contributed by atoms with Crippen LogP contribution in [0, 0.1) is 0 Å². The number of ether oxygens (including phenoxy) is 1. The summed E-state index contributed by atoms with van der Waals surface area (Å²) < 4.78 is 7.41. The van der Waals surface area contributed by atoms with Gasteiger partial charge >= 0.3 is 0 Å². The molecule has 0 saturated heterocycles. The number of rotatable bonds is 4. The summed E-state index contributed by atoms with van der Waals surface area (Å²) in [5, 5.41) is 6.69. The number of nitrogens with zero attached hydrogens (tertiary/aromatic N) is 2. The highest BCUT2D eigenvalue weighted by Crippen LogP contribution is 2.40. The van der Waals surface area contributed by atoms with E-state index in [0.717, 1.165) is 39.4 Å². The van der Waals surface area contributed by atoms with Crippen molar-refractivity contribution in [3.05, 3.63) is 108 Å². The highest BCUT2D eigenvalue weighted by molar-refractivity contribution is 6.04. The van der Waals surface area contributed by atoms with E-state index in [1.54, 1.807) is 31.4 Å². The van der Waals surface area contributed by atoms with Gasteiger partial charge in [-0.25, -0.2) is 4.98 Å². The third-order valence-electron chi connectivity index (χ3n) is 6.13. The van der Waals surface area contributed by atoms with Gasteiger partial charge in [-0.15, -0.1) is 0 Å². The van der Waals surface area contributed by atoms with Crippen LogP contribution < -0.4 is 15.4 Å². The van der Waals surface area contributed by atoms with Gasteiger partial charge in [-0.1, -0.05) is 36.4 Å². The molecule has 1 aliphatic rings. The zero-order valence-corrected chi connectivity index (χ0v) is 18.5. The van der Waals surface area contributed by atoms with Crippen molar-refractivity contribution in [2.45, 2.75) is 6.17 Å². The number of imidazole rings is 1. The van der Waals surface area contributed by atoms with Crippen molar-refractivity contribution in [1.29, 1.82) is 0 Å². The Hall–Kier alpha value is -4.58.